The van der Waals surface area contributed by atoms with Gasteiger partial charge in [0.25, 0.3) is 0 Å². The molecule has 0 spiro atoms. The van der Waals surface area contributed by atoms with Crippen molar-refractivity contribution in [1.82, 2.24) is 4.90 Å². The van der Waals surface area contributed by atoms with Gasteiger partial charge in [0.15, 0.2) is 0 Å². The second kappa shape index (κ2) is 15.4. The Kier molecular flexibility index (Phi) is 16.4. The lowest BCUT2D eigenvalue weighted by Gasteiger charge is -2.33. The number of ether oxygens (including phenoxy) is 2. The SMILES string of the molecule is CN1CCOCC1.COS(=O)(=O)OC.COS(=O)(=O)[O-].C[N+]1(C)CCOCC1. The van der Waals surface area contributed by atoms with Crippen LogP contribution in [-0.4, -0.2) is 126 Å². The van der Waals surface area contributed by atoms with Gasteiger partial charge >= 0.3 is 10.4 Å². The van der Waals surface area contributed by atoms with Gasteiger partial charge in [-0.3, -0.25) is 12.5 Å². The van der Waals surface area contributed by atoms with Gasteiger partial charge in [-0.15, -0.1) is 0 Å². The summed E-state index contributed by atoms with van der Waals surface area (Å²) in [5, 5.41) is 0. The minimum absolute atomic E-state index is 0.808. The molecule has 0 aromatic rings. The Balaban J connectivity index is 0. The third-order valence-electron chi connectivity index (χ3n) is 3.53. The number of nitrogens with zero attached hydrogens (tertiary/aromatic N) is 2. The summed E-state index contributed by atoms with van der Waals surface area (Å²) in [5.74, 6) is 0. The lowest BCUT2D eigenvalue weighted by atomic mass is 10.4. The first-order valence-electron chi connectivity index (χ1n) is 8.32. The predicted molar refractivity (Wildman–Crippen MR) is 101 cm³/mol. The summed E-state index contributed by atoms with van der Waals surface area (Å²) >= 11 is 0. The van der Waals surface area contributed by atoms with Crippen molar-refractivity contribution >= 4 is 20.8 Å². The van der Waals surface area contributed by atoms with Gasteiger partial charge in [0.1, 0.15) is 13.1 Å². The molecule has 0 aromatic carbocycles. The van der Waals surface area contributed by atoms with Crippen LogP contribution in [0, 0.1) is 0 Å². The highest BCUT2D eigenvalue weighted by atomic mass is 32.3. The molecule has 2 saturated heterocycles. The summed E-state index contributed by atoms with van der Waals surface area (Å²) in [6.45, 7) is 8.23. The van der Waals surface area contributed by atoms with Crippen molar-refractivity contribution < 1.29 is 47.9 Å². The predicted octanol–water partition coefficient (Wildman–Crippen LogP) is -1.34. The van der Waals surface area contributed by atoms with Crippen LogP contribution in [0.25, 0.3) is 0 Å². The Labute approximate surface area is 169 Å². The summed E-state index contributed by atoms with van der Waals surface area (Å²) < 4.78 is 70.0. The van der Waals surface area contributed by atoms with Crippen molar-refractivity contribution in [2.45, 2.75) is 0 Å². The molecule has 2 fully saturated rings. The van der Waals surface area contributed by atoms with Crippen molar-refractivity contribution in [1.29, 1.82) is 0 Å². The molecule has 0 aliphatic carbocycles. The van der Waals surface area contributed by atoms with E-state index >= 15 is 0 Å². The van der Waals surface area contributed by atoms with Crippen LogP contribution < -0.4 is 0 Å². The van der Waals surface area contributed by atoms with E-state index in [1.807, 2.05) is 0 Å². The molecule has 0 saturated carbocycles. The summed E-state index contributed by atoms with van der Waals surface area (Å²) in [6, 6.07) is 0. The van der Waals surface area contributed by atoms with E-state index in [1.54, 1.807) is 0 Å². The standard InChI is InChI=1S/C6H14NO.C5H11NO.C2H6O4S.CH4O4S/c1-7(2)3-5-8-6-4-7;1-6-2-4-7-5-3-6;1-5-7(3,4)6-2;1-5-6(2,3)4/h3-6H2,1-2H3;2-5H2,1H3;1-2H3;1H3,(H,2,3,4)/q+1;;;/p-1. The Hall–Kier alpha value is -0.420. The summed E-state index contributed by atoms with van der Waals surface area (Å²) in [5.41, 5.74) is 0. The highest BCUT2D eigenvalue weighted by molar-refractivity contribution is 7.81. The van der Waals surface area contributed by atoms with E-state index < -0.39 is 20.8 Å². The van der Waals surface area contributed by atoms with Gasteiger partial charge < -0.3 is 23.4 Å². The van der Waals surface area contributed by atoms with E-state index in [9.17, 15) is 21.4 Å². The van der Waals surface area contributed by atoms with E-state index in [1.165, 1.54) is 13.1 Å². The molecule has 0 atom stereocenters. The lowest BCUT2D eigenvalue weighted by molar-refractivity contribution is -0.898. The number of quaternary nitrogens is 1. The van der Waals surface area contributed by atoms with Crippen LogP contribution in [0.4, 0.5) is 0 Å². The van der Waals surface area contributed by atoms with Crippen molar-refractivity contribution in [2.75, 3.05) is 95.1 Å². The Bertz CT molecular complexity index is 557. The molecule has 2 heterocycles. The first kappa shape index (κ1) is 29.8. The molecule has 14 heteroatoms. The normalized spacial score (nSPS) is 19.7. The van der Waals surface area contributed by atoms with Crippen LogP contribution in [0.15, 0.2) is 0 Å². The van der Waals surface area contributed by atoms with Crippen LogP contribution in [0.2, 0.25) is 0 Å². The smallest absolute Gasteiger partial charge is 0.399 e. The average Bonchev–Trinajstić information content (AvgIpc) is 2.63. The Morgan fingerprint density at radius 1 is 0.821 bits per heavy atom. The van der Waals surface area contributed by atoms with Crippen LogP contribution in [0.5, 0.6) is 0 Å². The van der Waals surface area contributed by atoms with E-state index in [-0.39, 0.29) is 0 Å². The topological polar surface area (TPSA) is 141 Å². The molecule has 0 unspecified atom stereocenters. The van der Waals surface area contributed by atoms with Gasteiger partial charge in [0, 0.05) is 13.1 Å². The molecule has 0 aromatic heterocycles. The van der Waals surface area contributed by atoms with Crippen molar-refractivity contribution in [2.24, 2.45) is 0 Å². The molecule has 0 amide bonds. The first-order valence-corrected chi connectivity index (χ1v) is 11.0. The highest BCUT2D eigenvalue weighted by Gasteiger charge is 2.18. The molecular formula is C14H34N2O10S2. The van der Waals surface area contributed by atoms with Gasteiger partial charge in [-0.2, -0.15) is 8.42 Å². The van der Waals surface area contributed by atoms with Crippen molar-refractivity contribution in [3.05, 3.63) is 0 Å². The van der Waals surface area contributed by atoms with Crippen LogP contribution in [0.1, 0.15) is 0 Å². The molecule has 2 aliphatic heterocycles. The molecule has 0 radical (unpaired) electrons. The fourth-order valence-electron chi connectivity index (χ4n) is 1.56. The molecule has 2 aliphatic rings. The fraction of sp³-hybridized carbons (Fsp3) is 1.00. The third-order valence-corrected chi connectivity index (χ3v) is 4.75. The second-order valence-electron chi connectivity index (χ2n) is 6.23. The van der Waals surface area contributed by atoms with Gasteiger partial charge in [-0.05, 0) is 7.05 Å². The number of likely N-dealkylation sites (N-methyl/N-ethyl adjacent to an activating group) is 2. The van der Waals surface area contributed by atoms with Gasteiger partial charge in [0.05, 0.1) is 61.9 Å². The highest BCUT2D eigenvalue weighted by Crippen LogP contribution is 2.01. The van der Waals surface area contributed by atoms with Crippen molar-refractivity contribution in [3.63, 3.8) is 0 Å². The third kappa shape index (κ3) is 21.9. The fourth-order valence-corrected chi connectivity index (χ4v) is 1.70. The lowest BCUT2D eigenvalue weighted by Crippen LogP contribution is -2.48. The molecule has 2 rings (SSSR count). The first-order chi connectivity index (χ1) is 12.8. The Morgan fingerprint density at radius 3 is 1.32 bits per heavy atom. The van der Waals surface area contributed by atoms with Crippen LogP contribution in [0.3, 0.4) is 0 Å². The van der Waals surface area contributed by atoms with Crippen LogP contribution in [-0.2, 0) is 42.8 Å². The van der Waals surface area contributed by atoms with Gasteiger partial charge in [-0.25, -0.2) is 8.42 Å². The van der Waals surface area contributed by atoms with E-state index in [0.717, 1.165) is 65.3 Å². The zero-order valence-electron chi connectivity index (χ0n) is 17.5. The molecule has 172 valence electrons. The minimum atomic E-state index is -4.41. The quantitative estimate of drug-likeness (QED) is 0.284. The monoisotopic (exact) mass is 454 g/mol. The van der Waals surface area contributed by atoms with Gasteiger partial charge in [-0.1, -0.05) is 0 Å². The molecule has 28 heavy (non-hydrogen) atoms. The minimum Gasteiger partial charge on any atom is -0.726 e. The maximum atomic E-state index is 9.92. The molecule has 12 nitrogen and oxygen atoms in total. The zero-order chi connectivity index (χ0) is 22.3. The summed E-state index contributed by atoms with van der Waals surface area (Å²) in [6.07, 6.45) is 0. The number of hydrogen-bond acceptors (Lipinski definition) is 11. The van der Waals surface area contributed by atoms with Crippen LogP contribution >= 0.6 is 0 Å². The largest absolute Gasteiger partial charge is 0.726 e. The second-order valence-corrected chi connectivity index (χ2v) is 8.86. The number of hydrogen-bond donors (Lipinski definition) is 0. The number of rotatable bonds is 3. The maximum Gasteiger partial charge on any atom is 0.399 e. The molecular weight excluding hydrogens is 420 g/mol. The zero-order valence-corrected chi connectivity index (χ0v) is 19.1. The van der Waals surface area contributed by atoms with E-state index in [0.29, 0.717) is 0 Å². The maximum absolute atomic E-state index is 9.92. The number of morpholine rings is 2. The van der Waals surface area contributed by atoms with E-state index in [4.69, 9.17) is 9.47 Å². The van der Waals surface area contributed by atoms with Gasteiger partial charge in [0.2, 0.25) is 10.4 Å². The van der Waals surface area contributed by atoms with E-state index in [2.05, 4.69) is 38.6 Å². The molecule has 0 N–H and O–H groups in total. The van der Waals surface area contributed by atoms with Crippen molar-refractivity contribution in [3.8, 4) is 0 Å². The molecule has 0 bridgehead atoms. The Morgan fingerprint density at radius 2 is 1.18 bits per heavy atom. The average molecular weight is 455 g/mol. The summed E-state index contributed by atoms with van der Waals surface area (Å²) in [4.78, 5) is 2.27. The summed E-state index contributed by atoms with van der Waals surface area (Å²) in [7, 11) is 1.38.